The van der Waals surface area contributed by atoms with E-state index in [4.69, 9.17) is 5.73 Å². The van der Waals surface area contributed by atoms with E-state index in [9.17, 15) is 0 Å². The summed E-state index contributed by atoms with van der Waals surface area (Å²) < 4.78 is 1.99. The fourth-order valence-corrected chi connectivity index (χ4v) is 3.55. The molecule has 0 aliphatic heterocycles. The third kappa shape index (κ3) is 2.88. The van der Waals surface area contributed by atoms with Crippen LogP contribution in [0.3, 0.4) is 0 Å². The van der Waals surface area contributed by atoms with E-state index in [1.54, 1.807) is 6.33 Å². The van der Waals surface area contributed by atoms with Crippen LogP contribution < -0.4 is 5.73 Å². The van der Waals surface area contributed by atoms with Crippen LogP contribution in [-0.4, -0.2) is 45.3 Å². The number of likely N-dealkylation sites (N-methyl/N-ethyl adjacent to an activating group) is 1. The molecule has 2 rings (SSSR count). The van der Waals surface area contributed by atoms with E-state index in [1.165, 1.54) is 32.1 Å². The molecule has 1 aromatic heterocycles. The molecule has 1 saturated carbocycles. The molecule has 1 heterocycles. The van der Waals surface area contributed by atoms with E-state index < -0.39 is 0 Å². The van der Waals surface area contributed by atoms with E-state index in [2.05, 4.69) is 42.9 Å². The lowest BCUT2D eigenvalue weighted by Crippen LogP contribution is -2.59. The van der Waals surface area contributed by atoms with Crippen molar-refractivity contribution in [3.8, 4) is 0 Å². The Bertz CT molecular complexity index is 418. The van der Waals surface area contributed by atoms with Crippen molar-refractivity contribution in [2.75, 3.05) is 14.1 Å². The topological polar surface area (TPSA) is 60.0 Å². The number of nitrogens with two attached hydrogens (primary N) is 1. The quantitative estimate of drug-likeness (QED) is 0.895. The molecule has 5 nitrogen and oxygen atoms in total. The third-order valence-corrected chi connectivity index (χ3v) is 4.84. The van der Waals surface area contributed by atoms with Gasteiger partial charge in [-0.15, -0.1) is 0 Å². The van der Waals surface area contributed by atoms with Crippen molar-refractivity contribution < 1.29 is 0 Å². The van der Waals surface area contributed by atoms with Gasteiger partial charge in [-0.2, -0.15) is 5.10 Å². The zero-order chi connectivity index (χ0) is 14.8. The molecule has 1 atom stereocenters. The van der Waals surface area contributed by atoms with Gasteiger partial charge in [0.2, 0.25) is 0 Å². The molecule has 20 heavy (non-hydrogen) atoms. The highest BCUT2D eigenvalue weighted by Crippen LogP contribution is 2.35. The van der Waals surface area contributed by atoms with Crippen molar-refractivity contribution in [1.29, 1.82) is 0 Å². The van der Waals surface area contributed by atoms with Gasteiger partial charge in [-0.1, -0.05) is 19.3 Å². The molecular formula is C15H29N5. The Kier molecular flexibility index (Phi) is 4.81. The van der Waals surface area contributed by atoms with Gasteiger partial charge in [0.25, 0.3) is 0 Å². The van der Waals surface area contributed by atoms with Crippen molar-refractivity contribution in [2.45, 2.75) is 70.0 Å². The molecule has 1 unspecified atom stereocenters. The van der Waals surface area contributed by atoms with Crippen molar-refractivity contribution in [2.24, 2.45) is 5.73 Å². The lowest BCUT2D eigenvalue weighted by molar-refractivity contribution is 0.0704. The zero-order valence-corrected chi connectivity index (χ0v) is 13.3. The van der Waals surface area contributed by atoms with Gasteiger partial charge in [-0.3, -0.25) is 0 Å². The van der Waals surface area contributed by atoms with Crippen LogP contribution in [-0.2, 0) is 6.42 Å². The molecule has 0 spiro atoms. The monoisotopic (exact) mass is 279 g/mol. The van der Waals surface area contributed by atoms with Crippen molar-refractivity contribution in [3.63, 3.8) is 0 Å². The van der Waals surface area contributed by atoms with Crippen LogP contribution in [0.5, 0.6) is 0 Å². The highest BCUT2D eigenvalue weighted by atomic mass is 15.3. The molecule has 114 valence electrons. The second-order valence-electron chi connectivity index (χ2n) is 6.58. The molecule has 0 bridgehead atoms. The summed E-state index contributed by atoms with van der Waals surface area (Å²) in [7, 11) is 4.33. The smallest absolute Gasteiger partial charge is 0.138 e. The highest BCUT2D eigenvalue weighted by molar-refractivity contribution is 5.04. The Labute approximate surface area is 122 Å². The molecule has 0 amide bonds. The molecule has 1 aliphatic rings. The summed E-state index contributed by atoms with van der Waals surface area (Å²) in [6.45, 7) is 4.26. The second-order valence-corrected chi connectivity index (χ2v) is 6.58. The standard InChI is InChI=1S/C15H29N5/c1-12(2)20-14(17-11-18-20)10-13(16)15(19(3)4)8-6-5-7-9-15/h11-13H,5-10,16H2,1-4H3. The van der Waals surface area contributed by atoms with Gasteiger partial charge in [0.1, 0.15) is 12.2 Å². The van der Waals surface area contributed by atoms with Crippen molar-refractivity contribution >= 4 is 0 Å². The maximum absolute atomic E-state index is 6.62. The molecular weight excluding hydrogens is 250 g/mol. The average Bonchev–Trinajstić information content (AvgIpc) is 2.87. The molecule has 5 heteroatoms. The van der Waals surface area contributed by atoms with Gasteiger partial charge < -0.3 is 10.6 Å². The van der Waals surface area contributed by atoms with E-state index >= 15 is 0 Å². The summed E-state index contributed by atoms with van der Waals surface area (Å²) in [5.41, 5.74) is 6.74. The number of hydrogen-bond acceptors (Lipinski definition) is 4. The molecule has 1 aromatic rings. The highest BCUT2D eigenvalue weighted by Gasteiger charge is 2.40. The predicted molar refractivity (Wildman–Crippen MR) is 81.6 cm³/mol. The number of rotatable bonds is 5. The van der Waals surface area contributed by atoms with Crippen molar-refractivity contribution in [3.05, 3.63) is 12.2 Å². The number of hydrogen-bond donors (Lipinski definition) is 1. The van der Waals surface area contributed by atoms with Crippen LogP contribution >= 0.6 is 0 Å². The SMILES string of the molecule is CC(C)n1ncnc1CC(N)C1(N(C)C)CCCCC1. The first-order chi connectivity index (χ1) is 9.47. The summed E-state index contributed by atoms with van der Waals surface area (Å²) >= 11 is 0. The molecule has 1 fully saturated rings. The van der Waals surface area contributed by atoms with Crippen molar-refractivity contribution in [1.82, 2.24) is 19.7 Å². The summed E-state index contributed by atoms with van der Waals surface area (Å²) in [6, 6.07) is 0.445. The van der Waals surface area contributed by atoms with Crippen LogP contribution in [0.2, 0.25) is 0 Å². The normalized spacial score (nSPS) is 20.6. The van der Waals surface area contributed by atoms with Gasteiger partial charge in [0, 0.05) is 24.0 Å². The molecule has 1 aliphatic carbocycles. The minimum Gasteiger partial charge on any atom is -0.326 e. The van der Waals surface area contributed by atoms with E-state index in [-0.39, 0.29) is 11.6 Å². The van der Waals surface area contributed by atoms with Gasteiger partial charge >= 0.3 is 0 Å². The Morgan fingerprint density at radius 1 is 1.30 bits per heavy atom. The van der Waals surface area contributed by atoms with Gasteiger partial charge in [-0.25, -0.2) is 9.67 Å². The lowest BCUT2D eigenvalue weighted by Gasteiger charge is -2.47. The Morgan fingerprint density at radius 2 is 1.95 bits per heavy atom. The average molecular weight is 279 g/mol. The predicted octanol–water partition coefficient (Wildman–Crippen LogP) is 1.99. The van der Waals surface area contributed by atoms with Crippen LogP contribution in [0.4, 0.5) is 0 Å². The Hall–Kier alpha value is -0.940. The minimum absolute atomic E-state index is 0.111. The summed E-state index contributed by atoms with van der Waals surface area (Å²) in [4.78, 5) is 6.76. The van der Waals surface area contributed by atoms with Crippen LogP contribution in [0, 0.1) is 0 Å². The first-order valence-corrected chi connectivity index (χ1v) is 7.79. The van der Waals surface area contributed by atoms with E-state index in [0.717, 1.165) is 12.2 Å². The van der Waals surface area contributed by atoms with Crippen LogP contribution in [0.25, 0.3) is 0 Å². The van der Waals surface area contributed by atoms with Crippen LogP contribution in [0.15, 0.2) is 6.33 Å². The Balaban J connectivity index is 2.16. The second kappa shape index (κ2) is 6.22. The fraction of sp³-hybridized carbons (Fsp3) is 0.867. The van der Waals surface area contributed by atoms with Gasteiger partial charge in [0.15, 0.2) is 0 Å². The third-order valence-electron chi connectivity index (χ3n) is 4.84. The fourth-order valence-electron chi connectivity index (χ4n) is 3.55. The number of nitrogens with zero attached hydrogens (tertiary/aromatic N) is 4. The molecule has 0 saturated heterocycles. The van der Waals surface area contributed by atoms with E-state index in [1.807, 2.05) is 4.68 Å². The van der Waals surface area contributed by atoms with E-state index in [0.29, 0.717) is 6.04 Å². The summed E-state index contributed by atoms with van der Waals surface area (Å²) in [5.74, 6) is 1.01. The molecule has 0 aromatic carbocycles. The number of aromatic nitrogens is 3. The van der Waals surface area contributed by atoms with Crippen LogP contribution in [0.1, 0.15) is 57.8 Å². The first-order valence-electron chi connectivity index (χ1n) is 7.79. The Morgan fingerprint density at radius 3 is 2.50 bits per heavy atom. The van der Waals surface area contributed by atoms with Gasteiger partial charge in [0.05, 0.1) is 0 Å². The zero-order valence-electron chi connectivity index (χ0n) is 13.3. The summed E-state index contributed by atoms with van der Waals surface area (Å²) in [5, 5.41) is 4.32. The lowest BCUT2D eigenvalue weighted by atomic mass is 9.74. The molecule has 2 N–H and O–H groups in total. The molecule has 0 radical (unpaired) electrons. The largest absolute Gasteiger partial charge is 0.326 e. The summed E-state index contributed by atoms with van der Waals surface area (Å²) in [6.07, 6.45) is 8.73. The van der Waals surface area contributed by atoms with Gasteiger partial charge in [-0.05, 0) is 40.8 Å². The maximum atomic E-state index is 6.62. The first kappa shape index (κ1) is 15.4. The maximum Gasteiger partial charge on any atom is 0.138 e. The minimum atomic E-state index is 0.111.